The van der Waals surface area contributed by atoms with E-state index in [1.54, 1.807) is 6.20 Å². The van der Waals surface area contributed by atoms with Crippen molar-refractivity contribution in [2.24, 2.45) is 5.73 Å². The molecule has 5 heteroatoms. The van der Waals surface area contributed by atoms with Gasteiger partial charge in [0.05, 0.1) is 5.69 Å². The van der Waals surface area contributed by atoms with Gasteiger partial charge in [-0.15, -0.1) is 0 Å². The number of anilines is 1. The van der Waals surface area contributed by atoms with E-state index in [0.717, 1.165) is 36.4 Å². The lowest BCUT2D eigenvalue weighted by Crippen LogP contribution is -2.22. The van der Waals surface area contributed by atoms with E-state index in [1.807, 2.05) is 10.7 Å². The van der Waals surface area contributed by atoms with E-state index in [9.17, 15) is 0 Å². The SMILES string of the molecule is CCC(N)CCNc1nccn2nc(C(C)(C)C)cc12. The molecule has 3 N–H and O–H groups in total. The van der Waals surface area contributed by atoms with Crippen molar-refractivity contribution in [1.82, 2.24) is 14.6 Å². The van der Waals surface area contributed by atoms with Gasteiger partial charge in [-0.1, -0.05) is 27.7 Å². The van der Waals surface area contributed by atoms with E-state index in [-0.39, 0.29) is 11.5 Å². The van der Waals surface area contributed by atoms with Crippen molar-refractivity contribution in [3.05, 3.63) is 24.2 Å². The second-order valence-corrected chi connectivity index (χ2v) is 6.27. The Bertz CT molecular complexity index is 567. The summed E-state index contributed by atoms with van der Waals surface area (Å²) in [7, 11) is 0. The van der Waals surface area contributed by atoms with Crippen LogP contribution in [-0.2, 0) is 5.41 Å². The maximum atomic E-state index is 5.93. The van der Waals surface area contributed by atoms with Crippen molar-refractivity contribution in [3.63, 3.8) is 0 Å². The molecule has 2 aromatic rings. The summed E-state index contributed by atoms with van der Waals surface area (Å²) in [6, 6.07) is 2.35. The first-order valence-corrected chi connectivity index (χ1v) is 7.26. The van der Waals surface area contributed by atoms with Gasteiger partial charge in [-0.3, -0.25) is 0 Å². The first kappa shape index (κ1) is 14.8. The van der Waals surface area contributed by atoms with Crippen LogP contribution in [-0.4, -0.2) is 27.2 Å². The molecule has 1 atom stereocenters. The Labute approximate surface area is 120 Å². The summed E-state index contributed by atoms with van der Waals surface area (Å²) in [5.41, 5.74) is 8.05. The quantitative estimate of drug-likeness (QED) is 0.880. The van der Waals surface area contributed by atoms with Crippen molar-refractivity contribution < 1.29 is 0 Å². The number of hydrogen-bond donors (Lipinski definition) is 2. The highest BCUT2D eigenvalue weighted by atomic mass is 15.2. The van der Waals surface area contributed by atoms with Gasteiger partial charge < -0.3 is 11.1 Å². The van der Waals surface area contributed by atoms with Gasteiger partial charge in [0.2, 0.25) is 0 Å². The summed E-state index contributed by atoms with van der Waals surface area (Å²) in [6.45, 7) is 9.43. The summed E-state index contributed by atoms with van der Waals surface area (Å²) in [5.74, 6) is 0.874. The highest BCUT2D eigenvalue weighted by Crippen LogP contribution is 2.24. The highest BCUT2D eigenvalue weighted by Gasteiger charge is 2.18. The molecule has 0 bridgehead atoms. The maximum absolute atomic E-state index is 5.93. The monoisotopic (exact) mass is 275 g/mol. The van der Waals surface area contributed by atoms with Gasteiger partial charge in [0, 0.05) is 30.4 Å². The van der Waals surface area contributed by atoms with Crippen LogP contribution in [0, 0.1) is 0 Å². The van der Waals surface area contributed by atoms with Crippen molar-refractivity contribution in [3.8, 4) is 0 Å². The molecule has 20 heavy (non-hydrogen) atoms. The molecule has 0 aliphatic heterocycles. The second kappa shape index (κ2) is 5.79. The maximum Gasteiger partial charge on any atom is 0.152 e. The van der Waals surface area contributed by atoms with Crippen LogP contribution in [0.25, 0.3) is 5.52 Å². The summed E-state index contributed by atoms with van der Waals surface area (Å²) < 4.78 is 1.88. The van der Waals surface area contributed by atoms with E-state index in [2.05, 4.69) is 49.2 Å². The first-order chi connectivity index (χ1) is 9.41. The fourth-order valence-electron chi connectivity index (χ4n) is 2.00. The molecule has 5 nitrogen and oxygen atoms in total. The minimum Gasteiger partial charge on any atom is -0.368 e. The Balaban J connectivity index is 2.19. The third kappa shape index (κ3) is 3.28. The third-order valence-corrected chi connectivity index (χ3v) is 3.49. The number of rotatable bonds is 5. The smallest absolute Gasteiger partial charge is 0.152 e. The van der Waals surface area contributed by atoms with Gasteiger partial charge in [-0.2, -0.15) is 5.10 Å². The lowest BCUT2D eigenvalue weighted by Gasteiger charge is -2.13. The lowest BCUT2D eigenvalue weighted by atomic mass is 9.92. The number of aromatic nitrogens is 3. The number of nitrogens with zero attached hydrogens (tertiary/aromatic N) is 3. The molecule has 0 saturated heterocycles. The zero-order chi connectivity index (χ0) is 14.8. The average Bonchev–Trinajstić information content (AvgIpc) is 2.83. The van der Waals surface area contributed by atoms with Gasteiger partial charge in [0.25, 0.3) is 0 Å². The molecular formula is C15H25N5. The van der Waals surface area contributed by atoms with Crippen LogP contribution in [0.5, 0.6) is 0 Å². The zero-order valence-corrected chi connectivity index (χ0v) is 12.8. The molecule has 110 valence electrons. The van der Waals surface area contributed by atoms with Crippen molar-refractivity contribution in [2.45, 2.75) is 52.0 Å². The minimum absolute atomic E-state index is 0.0356. The number of nitrogens with two attached hydrogens (primary N) is 1. The molecule has 0 saturated carbocycles. The Morgan fingerprint density at radius 1 is 1.40 bits per heavy atom. The van der Waals surface area contributed by atoms with E-state index < -0.39 is 0 Å². The van der Waals surface area contributed by atoms with Crippen LogP contribution in [0.1, 0.15) is 46.2 Å². The van der Waals surface area contributed by atoms with Gasteiger partial charge in [0.1, 0.15) is 5.52 Å². The molecular weight excluding hydrogens is 250 g/mol. The molecule has 0 amide bonds. The van der Waals surface area contributed by atoms with Crippen molar-refractivity contribution in [2.75, 3.05) is 11.9 Å². The van der Waals surface area contributed by atoms with E-state index >= 15 is 0 Å². The van der Waals surface area contributed by atoms with Crippen molar-refractivity contribution >= 4 is 11.3 Å². The van der Waals surface area contributed by atoms with Crippen molar-refractivity contribution in [1.29, 1.82) is 0 Å². The Morgan fingerprint density at radius 3 is 2.80 bits per heavy atom. The number of fused-ring (bicyclic) bond motifs is 1. The van der Waals surface area contributed by atoms with Crippen LogP contribution in [0.4, 0.5) is 5.82 Å². The molecule has 2 heterocycles. The molecule has 0 aliphatic rings. The van der Waals surface area contributed by atoms with E-state index in [0.29, 0.717) is 0 Å². The largest absolute Gasteiger partial charge is 0.368 e. The minimum atomic E-state index is 0.0356. The molecule has 2 aromatic heterocycles. The number of hydrogen-bond acceptors (Lipinski definition) is 4. The predicted octanol–water partition coefficient (Wildman–Crippen LogP) is 2.57. The Kier molecular flexibility index (Phi) is 4.28. The highest BCUT2D eigenvalue weighted by molar-refractivity contribution is 5.68. The third-order valence-electron chi connectivity index (χ3n) is 3.49. The molecule has 2 rings (SSSR count). The van der Waals surface area contributed by atoms with E-state index in [1.165, 1.54) is 0 Å². The molecule has 0 spiro atoms. The summed E-state index contributed by atoms with van der Waals surface area (Å²) in [4.78, 5) is 4.41. The van der Waals surface area contributed by atoms with E-state index in [4.69, 9.17) is 5.73 Å². The van der Waals surface area contributed by atoms with Gasteiger partial charge in [-0.05, 0) is 18.9 Å². The predicted molar refractivity (Wildman–Crippen MR) is 83.1 cm³/mol. The van der Waals surface area contributed by atoms with Gasteiger partial charge >= 0.3 is 0 Å². The normalized spacial score (nSPS) is 13.7. The summed E-state index contributed by atoms with van der Waals surface area (Å²) >= 11 is 0. The topological polar surface area (TPSA) is 68.2 Å². The van der Waals surface area contributed by atoms with Crippen LogP contribution in [0.3, 0.4) is 0 Å². The zero-order valence-electron chi connectivity index (χ0n) is 12.8. The fraction of sp³-hybridized carbons (Fsp3) is 0.600. The van der Waals surface area contributed by atoms with Crippen LogP contribution in [0.15, 0.2) is 18.5 Å². The fourth-order valence-corrected chi connectivity index (χ4v) is 2.00. The number of nitrogens with one attached hydrogen (secondary N) is 1. The Morgan fingerprint density at radius 2 is 2.15 bits per heavy atom. The molecule has 0 fully saturated rings. The van der Waals surface area contributed by atoms with Gasteiger partial charge in [0.15, 0.2) is 5.82 Å². The first-order valence-electron chi connectivity index (χ1n) is 7.26. The molecule has 0 aromatic carbocycles. The lowest BCUT2D eigenvalue weighted by molar-refractivity contribution is 0.562. The molecule has 0 radical (unpaired) electrons. The molecule has 1 unspecified atom stereocenters. The second-order valence-electron chi connectivity index (χ2n) is 6.27. The molecule has 0 aliphatic carbocycles. The van der Waals surface area contributed by atoms with Crippen LogP contribution in [0.2, 0.25) is 0 Å². The van der Waals surface area contributed by atoms with Gasteiger partial charge in [-0.25, -0.2) is 9.50 Å². The summed E-state index contributed by atoms with van der Waals surface area (Å²) in [6.07, 6.45) is 5.60. The van der Waals surface area contributed by atoms with Crippen LogP contribution < -0.4 is 11.1 Å². The van der Waals surface area contributed by atoms with Crippen LogP contribution >= 0.6 is 0 Å². The summed E-state index contributed by atoms with van der Waals surface area (Å²) in [5, 5.41) is 7.98. The standard InChI is InChI=1S/C15H25N5/c1-5-11(16)6-7-17-14-12-10-13(15(2,3)4)19-20(12)9-8-18-14/h8-11H,5-7,16H2,1-4H3,(H,17,18). The Hall–Kier alpha value is -1.62. The average molecular weight is 275 g/mol.